The maximum Gasteiger partial charge on any atom is 0.348 e. The quantitative estimate of drug-likeness (QED) is 0.737. The van der Waals surface area contributed by atoms with Crippen LogP contribution in [0.1, 0.15) is 20.0 Å². The maximum absolute atomic E-state index is 13.2. The summed E-state index contributed by atoms with van der Waals surface area (Å²) in [5.41, 5.74) is 0.812. The maximum atomic E-state index is 13.2. The summed E-state index contributed by atoms with van der Waals surface area (Å²) in [4.78, 5) is 24.2. The van der Waals surface area contributed by atoms with E-state index in [-0.39, 0.29) is 5.56 Å². The van der Waals surface area contributed by atoms with Crippen molar-refractivity contribution >= 4 is 39.0 Å². The van der Waals surface area contributed by atoms with Crippen molar-refractivity contribution in [1.82, 2.24) is 0 Å². The number of benzene rings is 2. The van der Waals surface area contributed by atoms with Crippen molar-refractivity contribution in [2.75, 3.05) is 12.4 Å². The summed E-state index contributed by atoms with van der Waals surface area (Å²) >= 11 is 1.32. The van der Waals surface area contributed by atoms with Gasteiger partial charge in [0.2, 0.25) is 0 Å². The number of hydrogen-bond donors (Lipinski definition) is 1. The van der Waals surface area contributed by atoms with Crippen molar-refractivity contribution in [2.24, 2.45) is 0 Å². The Bertz CT molecular complexity index is 904. The molecule has 1 amide bonds. The highest BCUT2D eigenvalue weighted by molar-refractivity contribution is 7.20. The number of methoxy groups -OCH3 is 1. The molecule has 116 valence electrons. The molecule has 1 N–H and O–H groups in total. The first-order valence-corrected chi connectivity index (χ1v) is 7.57. The van der Waals surface area contributed by atoms with Gasteiger partial charge in [-0.15, -0.1) is 11.3 Å². The first-order valence-electron chi connectivity index (χ1n) is 6.75. The molecule has 3 aromatic rings. The lowest BCUT2D eigenvalue weighted by Gasteiger charge is -2.05. The molecule has 0 aliphatic heterocycles. The zero-order valence-corrected chi connectivity index (χ0v) is 12.9. The Kier molecular flexibility index (Phi) is 4.08. The second-order valence-corrected chi connectivity index (χ2v) is 5.90. The van der Waals surface area contributed by atoms with Crippen LogP contribution in [-0.4, -0.2) is 19.0 Å². The molecule has 0 spiro atoms. The minimum atomic E-state index is -0.464. The van der Waals surface area contributed by atoms with E-state index in [1.165, 1.54) is 42.7 Å². The third-order valence-electron chi connectivity index (χ3n) is 3.25. The number of nitrogens with one attached hydrogen (secondary N) is 1. The van der Waals surface area contributed by atoms with E-state index in [1.807, 2.05) is 6.07 Å². The number of amides is 1. The molecule has 0 aliphatic carbocycles. The zero-order valence-electron chi connectivity index (χ0n) is 12.1. The van der Waals surface area contributed by atoms with Gasteiger partial charge in [-0.05, 0) is 47.9 Å². The number of carbonyl (C=O) groups is 2. The van der Waals surface area contributed by atoms with Crippen LogP contribution >= 0.6 is 11.3 Å². The van der Waals surface area contributed by atoms with Gasteiger partial charge >= 0.3 is 5.97 Å². The third-order valence-corrected chi connectivity index (χ3v) is 4.34. The number of rotatable bonds is 3. The van der Waals surface area contributed by atoms with Crippen molar-refractivity contribution in [3.05, 3.63) is 64.8 Å². The summed E-state index contributed by atoms with van der Waals surface area (Å²) in [6.45, 7) is 0. The number of ether oxygens (including phenoxy) is 1. The van der Waals surface area contributed by atoms with E-state index in [0.29, 0.717) is 10.6 Å². The molecular formula is C17H12FNO3S. The van der Waals surface area contributed by atoms with Gasteiger partial charge in [0.1, 0.15) is 10.7 Å². The van der Waals surface area contributed by atoms with Crippen molar-refractivity contribution in [2.45, 2.75) is 0 Å². The van der Waals surface area contributed by atoms with Crippen molar-refractivity contribution in [1.29, 1.82) is 0 Å². The van der Waals surface area contributed by atoms with Crippen LogP contribution in [0.2, 0.25) is 0 Å². The first kappa shape index (κ1) is 15.2. The zero-order chi connectivity index (χ0) is 16.4. The molecule has 0 radical (unpaired) electrons. The molecule has 3 rings (SSSR count). The van der Waals surface area contributed by atoms with Crippen LogP contribution in [0.15, 0.2) is 48.5 Å². The van der Waals surface area contributed by atoms with E-state index >= 15 is 0 Å². The third kappa shape index (κ3) is 3.22. The molecule has 0 unspecified atom stereocenters. The summed E-state index contributed by atoms with van der Waals surface area (Å²) in [6.07, 6.45) is 0. The summed E-state index contributed by atoms with van der Waals surface area (Å²) in [7, 11) is 1.33. The van der Waals surface area contributed by atoms with Gasteiger partial charge < -0.3 is 10.1 Å². The smallest absolute Gasteiger partial charge is 0.348 e. The van der Waals surface area contributed by atoms with Crippen LogP contribution in [0, 0.1) is 5.82 Å². The summed E-state index contributed by atoms with van der Waals surface area (Å²) in [5, 5.41) is 3.54. The van der Waals surface area contributed by atoms with E-state index in [9.17, 15) is 14.0 Å². The van der Waals surface area contributed by atoms with Crippen LogP contribution in [0.3, 0.4) is 0 Å². The first-order chi connectivity index (χ1) is 11.1. The normalized spacial score (nSPS) is 10.5. The van der Waals surface area contributed by atoms with E-state index in [4.69, 9.17) is 4.74 Å². The molecule has 2 aromatic carbocycles. The standard InChI is InChI=1S/C17H12FNO3S/c1-22-17(21)15-9-11-8-13(5-6-14(11)23-15)19-16(20)10-3-2-4-12(18)7-10/h2-9H,1H3,(H,19,20). The summed E-state index contributed by atoms with van der Waals surface area (Å²) in [6, 6.07) is 12.5. The highest BCUT2D eigenvalue weighted by atomic mass is 32.1. The van der Waals surface area contributed by atoms with Gasteiger partial charge in [0.15, 0.2) is 0 Å². The Labute approximate surface area is 135 Å². The van der Waals surface area contributed by atoms with Crippen LogP contribution < -0.4 is 5.32 Å². The Morgan fingerprint density at radius 3 is 2.70 bits per heavy atom. The Hall–Kier alpha value is -2.73. The van der Waals surface area contributed by atoms with E-state index in [0.717, 1.165) is 10.1 Å². The summed E-state index contributed by atoms with van der Waals surface area (Å²) in [5.74, 6) is -1.25. The average molecular weight is 329 g/mol. The number of esters is 1. The highest BCUT2D eigenvalue weighted by Gasteiger charge is 2.12. The van der Waals surface area contributed by atoms with E-state index in [2.05, 4.69) is 5.32 Å². The average Bonchev–Trinajstić information content (AvgIpc) is 2.97. The van der Waals surface area contributed by atoms with Crippen molar-refractivity contribution in [3.8, 4) is 0 Å². The molecule has 1 aromatic heterocycles. The molecule has 1 heterocycles. The SMILES string of the molecule is COC(=O)c1cc2cc(NC(=O)c3cccc(F)c3)ccc2s1. The molecule has 23 heavy (non-hydrogen) atoms. The van der Waals surface area contributed by atoms with Gasteiger partial charge in [0.05, 0.1) is 7.11 Å². The Balaban J connectivity index is 1.85. The number of thiophene rings is 1. The van der Waals surface area contributed by atoms with Crippen molar-refractivity contribution < 1.29 is 18.7 Å². The molecule has 0 saturated heterocycles. The second-order valence-electron chi connectivity index (χ2n) is 4.82. The summed E-state index contributed by atoms with van der Waals surface area (Å²) < 4.78 is 18.8. The number of carbonyl (C=O) groups excluding carboxylic acids is 2. The van der Waals surface area contributed by atoms with Crippen LogP contribution in [-0.2, 0) is 4.74 Å². The largest absolute Gasteiger partial charge is 0.465 e. The second kappa shape index (κ2) is 6.18. The fraction of sp³-hybridized carbons (Fsp3) is 0.0588. The van der Waals surface area contributed by atoms with Gasteiger partial charge in [-0.2, -0.15) is 0 Å². The van der Waals surface area contributed by atoms with Crippen LogP contribution in [0.25, 0.3) is 10.1 Å². The fourth-order valence-corrected chi connectivity index (χ4v) is 3.12. The lowest BCUT2D eigenvalue weighted by atomic mass is 10.2. The van der Waals surface area contributed by atoms with Gasteiger partial charge in [-0.25, -0.2) is 9.18 Å². The fourth-order valence-electron chi connectivity index (χ4n) is 2.16. The molecule has 0 bridgehead atoms. The molecule has 0 aliphatic rings. The molecule has 0 atom stereocenters. The molecule has 0 saturated carbocycles. The lowest BCUT2D eigenvalue weighted by molar-refractivity contribution is 0.0606. The van der Waals surface area contributed by atoms with E-state index < -0.39 is 17.7 Å². The molecule has 0 fully saturated rings. The lowest BCUT2D eigenvalue weighted by Crippen LogP contribution is -2.11. The van der Waals surface area contributed by atoms with Crippen LogP contribution in [0.4, 0.5) is 10.1 Å². The van der Waals surface area contributed by atoms with Gasteiger partial charge in [-0.3, -0.25) is 4.79 Å². The predicted molar refractivity (Wildman–Crippen MR) is 87.5 cm³/mol. The molecular weight excluding hydrogens is 317 g/mol. The monoisotopic (exact) mass is 329 g/mol. The highest BCUT2D eigenvalue weighted by Crippen LogP contribution is 2.28. The van der Waals surface area contributed by atoms with Gasteiger partial charge in [0, 0.05) is 16.0 Å². The number of anilines is 1. The topological polar surface area (TPSA) is 55.4 Å². The molecule has 6 heteroatoms. The number of halogens is 1. The minimum Gasteiger partial charge on any atom is -0.465 e. The van der Waals surface area contributed by atoms with E-state index in [1.54, 1.807) is 18.2 Å². The Morgan fingerprint density at radius 2 is 1.96 bits per heavy atom. The van der Waals surface area contributed by atoms with Crippen molar-refractivity contribution in [3.63, 3.8) is 0 Å². The number of hydrogen-bond acceptors (Lipinski definition) is 4. The minimum absolute atomic E-state index is 0.241. The van der Waals surface area contributed by atoms with Gasteiger partial charge in [-0.1, -0.05) is 6.07 Å². The van der Waals surface area contributed by atoms with Gasteiger partial charge in [0.25, 0.3) is 5.91 Å². The Morgan fingerprint density at radius 1 is 1.13 bits per heavy atom. The molecule has 4 nitrogen and oxygen atoms in total. The van der Waals surface area contributed by atoms with Crippen LogP contribution in [0.5, 0.6) is 0 Å². The number of fused-ring (bicyclic) bond motifs is 1. The predicted octanol–water partition coefficient (Wildman–Crippen LogP) is 4.08.